The minimum absolute atomic E-state index is 0.124. The van der Waals surface area contributed by atoms with Crippen LogP contribution in [0.3, 0.4) is 0 Å². The van der Waals surface area contributed by atoms with Gasteiger partial charge in [0.2, 0.25) is 18.2 Å². The Labute approximate surface area is 318 Å². The van der Waals surface area contributed by atoms with E-state index in [1.807, 2.05) is 42.6 Å². The molecule has 3 atom stereocenters. The molecule has 0 saturated carbocycles. The zero-order valence-corrected chi connectivity index (χ0v) is 30.7. The second-order valence-electron chi connectivity index (χ2n) is 14.7. The summed E-state index contributed by atoms with van der Waals surface area (Å²) in [5, 5.41) is 13.5. The van der Waals surface area contributed by atoms with Crippen molar-refractivity contribution in [2.24, 2.45) is 0 Å². The average molecular weight is 746 g/mol. The number of benzene rings is 2. The number of carbonyl (C=O) groups is 2. The van der Waals surface area contributed by atoms with Gasteiger partial charge in [-0.2, -0.15) is 0 Å². The first-order chi connectivity index (χ1) is 26.8. The molecule has 0 radical (unpaired) electrons. The lowest BCUT2D eigenvalue weighted by Gasteiger charge is -2.35. The van der Waals surface area contributed by atoms with Gasteiger partial charge in [-0.3, -0.25) is 24.2 Å². The number of halogens is 1. The number of pyridine rings is 2. The van der Waals surface area contributed by atoms with Gasteiger partial charge in [0.25, 0.3) is 0 Å². The maximum absolute atomic E-state index is 14.1. The molecule has 5 aromatic rings. The molecule has 2 unspecified atom stereocenters. The van der Waals surface area contributed by atoms with Crippen molar-refractivity contribution in [3.05, 3.63) is 96.6 Å². The number of aromatic nitrogens is 3. The summed E-state index contributed by atoms with van der Waals surface area (Å²) in [6, 6.07) is 22.3. The Morgan fingerprint density at radius 3 is 2.62 bits per heavy atom. The third kappa shape index (κ3) is 6.59. The van der Waals surface area contributed by atoms with Gasteiger partial charge < -0.3 is 29.4 Å². The lowest BCUT2D eigenvalue weighted by atomic mass is 10.0. The minimum atomic E-state index is -1.05. The maximum atomic E-state index is 14.1. The summed E-state index contributed by atoms with van der Waals surface area (Å²) in [5.41, 5.74) is 6.11. The summed E-state index contributed by atoms with van der Waals surface area (Å²) in [7, 11) is 1.77. The van der Waals surface area contributed by atoms with Crippen molar-refractivity contribution in [2.45, 2.75) is 44.1 Å². The first kappa shape index (κ1) is 35.0. The van der Waals surface area contributed by atoms with Gasteiger partial charge in [0.15, 0.2) is 0 Å². The first-order valence-corrected chi connectivity index (χ1v) is 19.0. The molecule has 4 aliphatic rings. The number of ether oxygens (including phenoxy) is 1. The molecule has 0 bridgehead atoms. The average Bonchev–Trinajstić information content (AvgIpc) is 3.92. The summed E-state index contributed by atoms with van der Waals surface area (Å²) in [5.74, 6) is 0.665. The number of carbonyl (C=O) groups excluding carboxylic acids is 2. The fourth-order valence-corrected chi connectivity index (χ4v) is 8.59. The van der Waals surface area contributed by atoms with E-state index in [1.54, 1.807) is 29.0 Å². The fourth-order valence-electron chi connectivity index (χ4n) is 8.59. The number of aliphatic hydroxyl groups is 1. The van der Waals surface area contributed by atoms with Gasteiger partial charge in [-0.15, -0.1) is 0 Å². The number of fused-ring (bicyclic) bond motifs is 2. The van der Waals surface area contributed by atoms with Crippen LogP contribution in [0.1, 0.15) is 37.3 Å². The molecule has 4 aliphatic heterocycles. The zero-order valence-electron chi connectivity index (χ0n) is 30.7. The Kier molecular flexibility index (Phi) is 9.22. The first-order valence-electron chi connectivity index (χ1n) is 19.0. The Morgan fingerprint density at radius 1 is 0.945 bits per heavy atom. The lowest BCUT2D eigenvalue weighted by Crippen LogP contribution is -2.56. The van der Waals surface area contributed by atoms with Crippen molar-refractivity contribution < 1.29 is 23.8 Å². The van der Waals surface area contributed by atoms with Crippen LogP contribution in [-0.4, -0.2) is 102 Å². The standard InChI is InChI=1S/C41H44FN9O4/c1-46-39-32(51(41(46)54)33-14-16-38(52)45-40(33)53)9-4-11-35(39)55-23-22-47-18-20-48(21-19-47)37-12-3-8-30(44-37)34-25-43-36-15-13-29(26-50(34)36)49-17-5-10-31(49)27-6-2-7-28(42)24-27/h2-4,6-9,11-13,15,24-26,31,33,41,54H,5,10,14,16-23H2,1H3,(H,45,52,53)/t31-,33?,41?/m1/s1. The number of imidazole rings is 1. The highest BCUT2D eigenvalue weighted by atomic mass is 19.1. The monoisotopic (exact) mass is 745 g/mol. The van der Waals surface area contributed by atoms with Gasteiger partial charge in [-0.1, -0.05) is 24.3 Å². The number of imide groups is 1. The molecule has 9 rings (SSSR count). The van der Waals surface area contributed by atoms with Crippen molar-refractivity contribution in [1.29, 1.82) is 0 Å². The highest BCUT2D eigenvalue weighted by Gasteiger charge is 2.43. The van der Waals surface area contributed by atoms with E-state index in [-0.39, 0.29) is 24.2 Å². The van der Waals surface area contributed by atoms with E-state index in [0.29, 0.717) is 24.5 Å². The van der Waals surface area contributed by atoms with Crippen molar-refractivity contribution >= 4 is 40.3 Å². The van der Waals surface area contributed by atoms with E-state index in [2.05, 4.69) is 53.8 Å². The van der Waals surface area contributed by atoms with Crippen LogP contribution < -0.4 is 29.7 Å². The van der Waals surface area contributed by atoms with Crippen LogP contribution in [-0.2, 0) is 9.59 Å². The van der Waals surface area contributed by atoms with Crippen molar-refractivity contribution in [3.63, 3.8) is 0 Å². The molecule has 55 heavy (non-hydrogen) atoms. The number of amides is 2. The van der Waals surface area contributed by atoms with Gasteiger partial charge >= 0.3 is 0 Å². The van der Waals surface area contributed by atoms with Crippen molar-refractivity contribution in [3.8, 4) is 17.1 Å². The van der Waals surface area contributed by atoms with E-state index in [9.17, 15) is 19.1 Å². The molecule has 0 spiro atoms. The van der Waals surface area contributed by atoms with Crippen LogP contribution in [0, 0.1) is 5.82 Å². The Hall–Kier alpha value is -5.73. The number of hydrogen-bond donors (Lipinski definition) is 2. The molecule has 0 aliphatic carbocycles. The SMILES string of the molecule is CN1c2c(OCCN3CCN(c4cccc(-c5cnc6ccc(N7CCC[C@@H]7c7cccc(F)c7)cn56)n4)CC3)cccc2N(C2CCC(=O)NC2=O)C1O. The topological polar surface area (TPSA) is 122 Å². The molecule has 2 N–H and O–H groups in total. The Bertz CT molecular complexity index is 2240. The summed E-state index contributed by atoms with van der Waals surface area (Å²) < 4.78 is 22.5. The highest BCUT2D eigenvalue weighted by Crippen LogP contribution is 2.46. The number of para-hydroxylation sites is 1. The molecule has 3 saturated heterocycles. The summed E-state index contributed by atoms with van der Waals surface area (Å²) in [4.78, 5) is 44.6. The van der Waals surface area contributed by atoms with Gasteiger partial charge in [-0.05, 0) is 73.4 Å². The van der Waals surface area contributed by atoms with Gasteiger partial charge in [0.05, 0.1) is 35.0 Å². The second kappa shape index (κ2) is 14.5. The molecule has 2 amide bonds. The predicted octanol–water partition coefficient (Wildman–Crippen LogP) is 4.42. The lowest BCUT2D eigenvalue weighted by molar-refractivity contribution is -0.134. The van der Waals surface area contributed by atoms with Gasteiger partial charge in [0, 0.05) is 58.9 Å². The van der Waals surface area contributed by atoms with Crippen LogP contribution in [0.25, 0.3) is 17.0 Å². The van der Waals surface area contributed by atoms with Crippen LogP contribution in [0.15, 0.2) is 85.2 Å². The number of piperazine rings is 1. The molecule has 7 heterocycles. The molecule has 284 valence electrons. The number of aliphatic hydroxyl groups excluding tert-OH is 1. The molecule has 2 aromatic carbocycles. The minimum Gasteiger partial charge on any atom is -0.490 e. The van der Waals surface area contributed by atoms with Gasteiger partial charge in [-0.25, -0.2) is 14.4 Å². The quantitative estimate of drug-likeness (QED) is 0.209. The molecule has 3 fully saturated rings. The number of hydrogen-bond acceptors (Lipinski definition) is 11. The van der Waals surface area contributed by atoms with Crippen molar-refractivity contribution in [1.82, 2.24) is 24.6 Å². The van der Waals surface area contributed by atoms with E-state index in [1.165, 1.54) is 6.07 Å². The van der Waals surface area contributed by atoms with Crippen LogP contribution in [0.5, 0.6) is 5.75 Å². The number of rotatable bonds is 9. The summed E-state index contributed by atoms with van der Waals surface area (Å²) in [6.07, 6.45) is 5.55. The molecular weight excluding hydrogens is 702 g/mol. The molecule has 13 nitrogen and oxygen atoms in total. The molecule has 3 aromatic heterocycles. The van der Waals surface area contributed by atoms with E-state index in [0.717, 1.165) is 91.9 Å². The molecule has 14 heteroatoms. The van der Waals surface area contributed by atoms with Crippen molar-refractivity contribution in [2.75, 3.05) is 72.5 Å². The van der Waals surface area contributed by atoms with Crippen LogP contribution >= 0.6 is 0 Å². The summed E-state index contributed by atoms with van der Waals surface area (Å²) in [6.45, 7) is 5.44. The Balaban J connectivity index is 0.836. The third-order valence-corrected chi connectivity index (χ3v) is 11.4. The predicted molar refractivity (Wildman–Crippen MR) is 208 cm³/mol. The Morgan fingerprint density at radius 2 is 1.78 bits per heavy atom. The number of nitrogens with zero attached hydrogens (tertiary/aromatic N) is 8. The summed E-state index contributed by atoms with van der Waals surface area (Å²) >= 11 is 0. The maximum Gasteiger partial charge on any atom is 0.249 e. The fraction of sp³-hybridized carbons (Fsp3) is 0.366. The van der Waals surface area contributed by atoms with Crippen LogP contribution in [0.2, 0.25) is 0 Å². The molecular formula is C41H44FN9O4. The highest BCUT2D eigenvalue weighted by molar-refractivity contribution is 6.02. The largest absolute Gasteiger partial charge is 0.490 e. The zero-order chi connectivity index (χ0) is 37.6. The van der Waals surface area contributed by atoms with Gasteiger partial charge in [0.1, 0.15) is 41.4 Å². The number of anilines is 4. The van der Waals surface area contributed by atoms with E-state index < -0.39 is 18.3 Å². The smallest absolute Gasteiger partial charge is 0.249 e. The van der Waals surface area contributed by atoms with Crippen LogP contribution in [0.4, 0.5) is 27.3 Å². The van der Waals surface area contributed by atoms with E-state index in [4.69, 9.17) is 9.72 Å². The second-order valence-corrected chi connectivity index (χ2v) is 14.7. The van der Waals surface area contributed by atoms with E-state index >= 15 is 0 Å². The number of piperidine rings is 1. The number of nitrogens with one attached hydrogen (secondary N) is 1. The third-order valence-electron chi connectivity index (χ3n) is 11.4. The normalized spacial score (nSPS) is 21.8.